The molecule has 25 heavy (non-hydrogen) atoms. The maximum Gasteiger partial charge on any atom is 0.338 e. The summed E-state index contributed by atoms with van der Waals surface area (Å²) in [6.45, 7) is -0.328. The predicted octanol–water partition coefficient (Wildman–Crippen LogP) is 1.31. The first-order chi connectivity index (χ1) is 11.9. The summed E-state index contributed by atoms with van der Waals surface area (Å²) in [4.78, 5) is 34.5. The van der Waals surface area contributed by atoms with Gasteiger partial charge in [-0.1, -0.05) is 12.1 Å². The van der Waals surface area contributed by atoms with Gasteiger partial charge in [-0.25, -0.2) is 9.59 Å². The van der Waals surface area contributed by atoms with Crippen LogP contribution in [0.15, 0.2) is 42.5 Å². The number of ketones is 1. The molecule has 0 heterocycles. The molecule has 0 saturated carbocycles. The molecular formula is C17H16N2O6. The second-order valence-electron chi connectivity index (χ2n) is 5.12. The monoisotopic (exact) mass is 344 g/mol. The van der Waals surface area contributed by atoms with E-state index in [1.807, 2.05) is 0 Å². The summed E-state index contributed by atoms with van der Waals surface area (Å²) in [7, 11) is 0. The van der Waals surface area contributed by atoms with Crippen LogP contribution in [-0.4, -0.2) is 34.6 Å². The second kappa shape index (κ2) is 7.82. The Kier molecular flexibility index (Phi) is 5.57. The van der Waals surface area contributed by atoms with Crippen molar-refractivity contribution in [2.45, 2.75) is 6.54 Å². The van der Waals surface area contributed by atoms with Crippen LogP contribution in [0.1, 0.15) is 26.3 Å². The fourth-order valence-corrected chi connectivity index (χ4v) is 2.00. The molecule has 0 radical (unpaired) electrons. The normalized spacial score (nSPS) is 10.1. The second-order valence-corrected chi connectivity index (χ2v) is 5.12. The number of primary amides is 1. The van der Waals surface area contributed by atoms with Crippen LogP contribution >= 0.6 is 0 Å². The van der Waals surface area contributed by atoms with Crippen molar-refractivity contribution in [1.29, 1.82) is 0 Å². The number of nitrogens with one attached hydrogen (secondary N) is 1. The molecule has 0 saturated heterocycles. The van der Waals surface area contributed by atoms with Crippen molar-refractivity contribution in [2.24, 2.45) is 5.73 Å². The number of benzene rings is 2. The van der Waals surface area contributed by atoms with E-state index in [0.717, 1.165) is 11.6 Å². The highest BCUT2D eigenvalue weighted by Crippen LogP contribution is 2.23. The summed E-state index contributed by atoms with van der Waals surface area (Å²) in [6.07, 6.45) is 0. The molecule has 8 heteroatoms. The third kappa shape index (κ3) is 4.96. The van der Waals surface area contributed by atoms with Gasteiger partial charge in [0.25, 0.3) is 0 Å². The van der Waals surface area contributed by atoms with Crippen molar-refractivity contribution >= 4 is 17.8 Å². The molecule has 130 valence electrons. The topological polar surface area (TPSA) is 139 Å². The minimum absolute atomic E-state index is 0.0570. The van der Waals surface area contributed by atoms with Gasteiger partial charge >= 0.3 is 12.0 Å². The van der Waals surface area contributed by atoms with E-state index in [2.05, 4.69) is 5.32 Å². The Morgan fingerprint density at radius 2 is 1.72 bits per heavy atom. The molecule has 0 fully saturated rings. The van der Waals surface area contributed by atoms with Crippen molar-refractivity contribution in [3.63, 3.8) is 0 Å². The number of carbonyl (C=O) groups excluding carboxylic acids is 3. The number of phenols is 2. The standard InChI is InChI=1S/C17H16N2O6/c18-17(24)19-8-10-1-3-11(4-2-10)16(23)25-9-15(22)13-6-5-12(20)7-14(13)21/h1-7,20-21H,8-9H2,(H3,18,19,24). The number of urea groups is 1. The van der Waals surface area contributed by atoms with Gasteiger partial charge in [0.1, 0.15) is 11.5 Å². The summed E-state index contributed by atoms with van der Waals surface area (Å²) in [5.41, 5.74) is 5.87. The average molecular weight is 344 g/mol. The minimum atomic E-state index is -0.707. The summed E-state index contributed by atoms with van der Waals surface area (Å²) >= 11 is 0. The van der Waals surface area contributed by atoms with Crippen molar-refractivity contribution in [2.75, 3.05) is 6.61 Å². The van der Waals surface area contributed by atoms with E-state index in [-0.39, 0.29) is 23.4 Å². The fraction of sp³-hybridized carbons (Fsp3) is 0.118. The highest BCUT2D eigenvalue weighted by Gasteiger charge is 2.15. The molecule has 0 aliphatic carbocycles. The maximum absolute atomic E-state index is 11.9. The zero-order chi connectivity index (χ0) is 18.4. The zero-order valence-corrected chi connectivity index (χ0v) is 13.1. The molecule has 2 aromatic rings. The quantitative estimate of drug-likeness (QED) is 0.460. The van der Waals surface area contributed by atoms with Gasteiger partial charge in [-0.15, -0.1) is 0 Å². The van der Waals surface area contributed by atoms with Crippen LogP contribution in [0.5, 0.6) is 11.5 Å². The first-order valence-electron chi connectivity index (χ1n) is 7.21. The van der Waals surface area contributed by atoms with Gasteiger partial charge in [-0.05, 0) is 29.8 Å². The van der Waals surface area contributed by atoms with Crippen molar-refractivity contribution < 1.29 is 29.3 Å². The Morgan fingerprint density at radius 3 is 2.32 bits per heavy atom. The highest BCUT2D eigenvalue weighted by atomic mass is 16.5. The number of aromatic hydroxyl groups is 2. The molecule has 2 aromatic carbocycles. The number of Topliss-reactive ketones (excluding diaryl/α,β-unsaturated/α-hetero) is 1. The molecule has 5 N–H and O–H groups in total. The first-order valence-corrected chi connectivity index (χ1v) is 7.21. The number of amides is 2. The highest BCUT2D eigenvalue weighted by molar-refractivity contribution is 6.01. The summed E-state index contributed by atoms with van der Waals surface area (Å²) in [5, 5.41) is 21.2. The third-order valence-corrected chi connectivity index (χ3v) is 3.27. The Bertz CT molecular complexity index is 801. The molecule has 0 spiro atoms. The van der Waals surface area contributed by atoms with E-state index >= 15 is 0 Å². The summed E-state index contributed by atoms with van der Waals surface area (Å²) < 4.78 is 4.92. The third-order valence-electron chi connectivity index (χ3n) is 3.27. The number of phenolic OH excluding ortho intramolecular Hbond substituents is 2. The van der Waals surface area contributed by atoms with E-state index in [1.165, 1.54) is 24.3 Å². The Balaban J connectivity index is 1.93. The van der Waals surface area contributed by atoms with Crippen LogP contribution in [-0.2, 0) is 11.3 Å². The van der Waals surface area contributed by atoms with E-state index in [4.69, 9.17) is 10.5 Å². The van der Waals surface area contributed by atoms with Gasteiger partial charge in [0.15, 0.2) is 6.61 Å². The molecule has 0 aromatic heterocycles. The van der Waals surface area contributed by atoms with Crippen molar-refractivity contribution in [3.05, 3.63) is 59.2 Å². The number of carbonyl (C=O) groups is 3. The molecule has 2 rings (SSSR count). The number of ether oxygens (including phenoxy) is 1. The largest absolute Gasteiger partial charge is 0.508 e. The first kappa shape index (κ1) is 17.8. The van der Waals surface area contributed by atoms with Crippen LogP contribution in [0.2, 0.25) is 0 Å². The Labute approximate surface area is 142 Å². The summed E-state index contributed by atoms with van der Waals surface area (Å²) in [5.74, 6) is -1.89. The van der Waals surface area contributed by atoms with Crippen LogP contribution in [0, 0.1) is 0 Å². The van der Waals surface area contributed by atoms with Gasteiger partial charge in [-0.2, -0.15) is 0 Å². The SMILES string of the molecule is NC(=O)NCc1ccc(C(=O)OCC(=O)c2ccc(O)cc2O)cc1. The van der Waals surface area contributed by atoms with E-state index in [1.54, 1.807) is 12.1 Å². The number of hydrogen-bond acceptors (Lipinski definition) is 6. The number of rotatable bonds is 6. The molecule has 0 unspecified atom stereocenters. The Morgan fingerprint density at radius 1 is 1.04 bits per heavy atom. The maximum atomic E-state index is 11.9. The smallest absolute Gasteiger partial charge is 0.338 e. The van der Waals surface area contributed by atoms with Gasteiger partial charge in [0.05, 0.1) is 11.1 Å². The Hall–Kier alpha value is -3.55. The van der Waals surface area contributed by atoms with E-state index in [0.29, 0.717) is 0 Å². The zero-order valence-electron chi connectivity index (χ0n) is 13.1. The van der Waals surface area contributed by atoms with Gasteiger partial charge in [-0.3, -0.25) is 4.79 Å². The molecule has 2 amide bonds. The average Bonchev–Trinajstić information content (AvgIpc) is 2.58. The molecular weight excluding hydrogens is 328 g/mol. The molecule has 0 atom stereocenters. The predicted molar refractivity (Wildman–Crippen MR) is 87.2 cm³/mol. The van der Waals surface area contributed by atoms with Crippen LogP contribution in [0.25, 0.3) is 0 Å². The van der Waals surface area contributed by atoms with Crippen LogP contribution in [0.4, 0.5) is 4.79 Å². The number of esters is 1. The minimum Gasteiger partial charge on any atom is -0.508 e. The molecule has 0 bridgehead atoms. The number of nitrogens with two attached hydrogens (primary N) is 1. The molecule has 8 nitrogen and oxygen atoms in total. The lowest BCUT2D eigenvalue weighted by atomic mass is 10.1. The van der Waals surface area contributed by atoms with Crippen LogP contribution in [0.3, 0.4) is 0 Å². The lowest BCUT2D eigenvalue weighted by Crippen LogP contribution is -2.28. The van der Waals surface area contributed by atoms with Gasteiger partial charge in [0, 0.05) is 12.6 Å². The summed E-state index contributed by atoms with van der Waals surface area (Å²) in [6, 6.07) is 9.05. The number of hydrogen-bond donors (Lipinski definition) is 4. The fourth-order valence-electron chi connectivity index (χ4n) is 2.00. The molecule has 0 aliphatic rings. The lowest BCUT2D eigenvalue weighted by molar-refractivity contribution is 0.0474. The van der Waals surface area contributed by atoms with E-state index in [9.17, 15) is 24.6 Å². The van der Waals surface area contributed by atoms with Gasteiger partial charge in [0.2, 0.25) is 5.78 Å². The van der Waals surface area contributed by atoms with E-state index < -0.39 is 30.1 Å². The van der Waals surface area contributed by atoms with Crippen molar-refractivity contribution in [3.8, 4) is 11.5 Å². The van der Waals surface area contributed by atoms with Gasteiger partial charge < -0.3 is 26.0 Å². The van der Waals surface area contributed by atoms with Crippen LogP contribution < -0.4 is 11.1 Å². The van der Waals surface area contributed by atoms with Crippen molar-refractivity contribution in [1.82, 2.24) is 5.32 Å². The lowest BCUT2D eigenvalue weighted by Gasteiger charge is -2.07. The molecule has 0 aliphatic heterocycles.